The van der Waals surface area contributed by atoms with Gasteiger partial charge in [0.05, 0.1) is 11.4 Å². The van der Waals surface area contributed by atoms with E-state index in [2.05, 4.69) is 146 Å². The average Bonchev–Trinajstić information content (AvgIpc) is 3.88. The molecule has 3 atom stereocenters. The monoisotopic (exact) mass is 663 g/mol. The van der Waals surface area contributed by atoms with E-state index in [1.807, 2.05) is 0 Å². The molecular weight excluding hydrogens is 615 g/mol. The predicted molar refractivity (Wildman–Crippen MR) is 216 cm³/mol. The van der Waals surface area contributed by atoms with E-state index in [0.717, 1.165) is 17.8 Å². The second-order valence-electron chi connectivity index (χ2n) is 16.8. The van der Waals surface area contributed by atoms with Crippen LogP contribution in [0.5, 0.6) is 0 Å². The quantitative estimate of drug-likeness (QED) is 0.171. The zero-order valence-electron chi connectivity index (χ0n) is 30.2. The average molecular weight is 664 g/mol. The van der Waals surface area contributed by atoms with Crippen molar-refractivity contribution in [3.8, 4) is 22.3 Å². The molecule has 2 bridgehead atoms. The summed E-state index contributed by atoms with van der Waals surface area (Å²) in [5.41, 5.74) is 14.8. The van der Waals surface area contributed by atoms with E-state index < -0.39 is 0 Å². The third kappa shape index (κ3) is 5.18. The van der Waals surface area contributed by atoms with Crippen molar-refractivity contribution in [2.75, 3.05) is 4.90 Å². The Morgan fingerprint density at radius 3 is 2.12 bits per heavy atom. The van der Waals surface area contributed by atoms with Crippen LogP contribution in [0, 0.1) is 11.8 Å². The first kappa shape index (κ1) is 31.1. The molecule has 0 heterocycles. The van der Waals surface area contributed by atoms with Crippen LogP contribution in [-0.4, -0.2) is 0 Å². The van der Waals surface area contributed by atoms with Gasteiger partial charge in [-0.25, -0.2) is 0 Å². The molecule has 0 radical (unpaired) electrons. The van der Waals surface area contributed by atoms with Crippen molar-refractivity contribution in [1.29, 1.82) is 0 Å². The first-order valence-electron chi connectivity index (χ1n) is 19.8. The maximum atomic E-state index is 2.61. The van der Waals surface area contributed by atoms with Gasteiger partial charge in [0.1, 0.15) is 0 Å². The van der Waals surface area contributed by atoms with E-state index in [1.54, 1.807) is 0 Å². The second-order valence-corrected chi connectivity index (χ2v) is 16.8. The van der Waals surface area contributed by atoms with Crippen molar-refractivity contribution >= 4 is 27.8 Å². The normalized spacial score (nSPS) is 21.9. The summed E-state index contributed by atoms with van der Waals surface area (Å²) in [6.07, 6.45) is 12.3. The van der Waals surface area contributed by atoms with Gasteiger partial charge >= 0.3 is 0 Å². The highest BCUT2D eigenvalue weighted by Crippen LogP contribution is 2.55. The van der Waals surface area contributed by atoms with Crippen LogP contribution in [-0.2, 0) is 5.41 Å². The van der Waals surface area contributed by atoms with Crippen molar-refractivity contribution in [2.45, 2.75) is 88.9 Å². The summed E-state index contributed by atoms with van der Waals surface area (Å²) in [6, 6.07) is 49.3. The molecule has 0 saturated heterocycles. The number of hydrogen-bond donors (Lipinski definition) is 0. The third-order valence-electron chi connectivity index (χ3n) is 13.5. The van der Waals surface area contributed by atoms with Gasteiger partial charge in [-0.05, 0) is 137 Å². The number of benzene rings is 6. The van der Waals surface area contributed by atoms with Gasteiger partial charge in [0, 0.05) is 22.1 Å². The summed E-state index contributed by atoms with van der Waals surface area (Å²) < 4.78 is 0. The Labute approximate surface area is 304 Å². The molecular formula is C50H49N. The van der Waals surface area contributed by atoms with Crippen LogP contribution in [0.15, 0.2) is 127 Å². The molecule has 4 aliphatic carbocycles. The number of fused-ring (bicyclic) bond motifs is 6. The Morgan fingerprint density at radius 2 is 1.33 bits per heavy atom. The lowest BCUT2D eigenvalue weighted by Gasteiger charge is -2.32. The topological polar surface area (TPSA) is 3.24 Å². The molecule has 0 aromatic heterocycles. The van der Waals surface area contributed by atoms with Gasteiger partial charge in [-0.3, -0.25) is 0 Å². The molecule has 1 nitrogen and oxygen atoms in total. The molecule has 1 heteroatoms. The molecule has 0 N–H and O–H groups in total. The highest BCUT2D eigenvalue weighted by molar-refractivity contribution is 6.02. The smallest absolute Gasteiger partial charge is 0.0543 e. The molecule has 6 aromatic rings. The third-order valence-corrected chi connectivity index (χ3v) is 13.5. The molecule has 3 fully saturated rings. The van der Waals surface area contributed by atoms with E-state index >= 15 is 0 Å². The Hall–Kier alpha value is -4.62. The summed E-state index contributed by atoms with van der Waals surface area (Å²) in [5.74, 6) is 3.20. The molecule has 10 rings (SSSR count). The zero-order valence-corrected chi connectivity index (χ0v) is 30.2. The van der Waals surface area contributed by atoms with Crippen LogP contribution in [0.3, 0.4) is 0 Å². The van der Waals surface area contributed by atoms with E-state index in [9.17, 15) is 0 Å². The maximum Gasteiger partial charge on any atom is 0.0543 e. The zero-order chi connectivity index (χ0) is 34.1. The van der Waals surface area contributed by atoms with E-state index in [1.165, 1.54) is 130 Å². The highest BCUT2D eigenvalue weighted by atomic mass is 15.1. The molecule has 0 amide bonds. The van der Waals surface area contributed by atoms with Gasteiger partial charge in [0.25, 0.3) is 0 Å². The fraction of sp³-hybridized carbons (Fsp3) is 0.320. The first-order valence-corrected chi connectivity index (χ1v) is 19.8. The lowest BCUT2D eigenvalue weighted by Crippen LogP contribution is -2.17. The Morgan fingerprint density at radius 1 is 0.549 bits per heavy atom. The van der Waals surface area contributed by atoms with E-state index in [4.69, 9.17) is 0 Å². The molecule has 254 valence electrons. The van der Waals surface area contributed by atoms with Gasteiger partial charge in [0.2, 0.25) is 0 Å². The minimum atomic E-state index is -0.0971. The minimum absolute atomic E-state index is 0.0971. The van der Waals surface area contributed by atoms with Crippen molar-refractivity contribution in [1.82, 2.24) is 0 Å². The van der Waals surface area contributed by atoms with E-state index in [-0.39, 0.29) is 5.41 Å². The lowest BCUT2D eigenvalue weighted by molar-refractivity contribution is 0.420. The van der Waals surface area contributed by atoms with Crippen LogP contribution in [0.2, 0.25) is 0 Å². The standard InChI is InChI=1S/C50H49N/c1-50(2)46-18-10-9-17-41(46)45-31-44(35-14-7-4-8-15-35)49(32-47(45)50)51(40-26-24-37(25-27-40)42-29-33-20-21-39(42)28-33)48-19-11-16-36-22-23-38(30-43(36)48)34-12-5-3-6-13-34/h4,7-11,14-19,22-27,30-34,39,42H,3,5-6,12-13,20-21,28-29H2,1-2H3. The van der Waals surface area contributed by atoms with Gasteiger partial charge in [-0.1, -0.05) is 131 Å². The SMILES string of the molecule is CC1(C)c2ccccc2-c2cc(-c3ccccc3)c(N(c3ccc(C4CC5CCC4C5)cc3)c3cccc4ccc(C5CCCCC5)cc34)cc21. The van der Waals surface area contributed by atoms with Crippen LogP contribution in [0.25, 0.3) is 33.0 Å². The summed E-state index contributed by atoms with van der Waals surface area (Å²) in [5, 5.41) is 2.66. The van der Waals surface area contributed by atoms with Crippen LogP contribution in [0.4, 0.5) is 17.1 Å². The molecule has 3 unspecified atom stereocenters. The Bertz CT molecular complexity index is 2240. The Kier molecular flexibility index (Phi) is 7.49. The number of anilines is 3. The van der Waals surface area contributed by atoms with Crippen molar-refractivity contribution in [3.05, 3.63) is 150 Å². The van der Waals surface area contributed by atoms with Crippen molar-refractivity contribution < 1.29 is 0 Å². The number of nitrogens with zero attached hydrogens (tertiary/aromatic N) is 1. The Balaban J connectivity index is 1.21. The lowest BCUT2D eigenvalue weighted by atomic mass is 9.81. The molecule has 51 heavy (non-hydrogen) atoms. The van der Waals surface area contributed by atoms with Crippen LogP contribution < -0.4 is 4.90 Å². The van der Waals surface area contributed by atoms with Crippen molar-refractivity contribution in [3.63, 3.8) is 0 Å². The van der Waals surface area contributed by atoms with Crippen LogP contribution in [0.1, 0.15) is 106 Å². The first-order chi connectivity index (χ1) is 25.0. The van der Waals surface area contributed by atoms with Crippen LogP contribution >= 0.6 is 0 Å². The minimum Gasteiger partial charge on any atom is -0.309 e. The molecule has 6 aromatic carbocycles. The summed E-state index contributed by atoms with van der Waals surface area (Å²) in [4.78, 5) is 2.61. The van der Waals surface area contributed by atoms with Gasteiger partial charge in [-0.15, -0.1) is 0 Å². The maximum absolute atomic E-state index is 2.61. The van der Waals surface area contributed by atoms with E-state index in [0.29, 0.717) is 5.92 Å². The number of rotatable bonds is 6. The summed E-state index contributed by atoms with van der Waals surface area (Å²) in [6.45, 7) is 4.82. The van der Waals surface area contributed by atoms with Gasteiger partial charge in [0.15, 0.2) is 0 Å². The highest BCUT2D eigenvalue weighted by Gasteiger charge is 2.40. The van der Waals surface area contributed by atoms with Gasteiger partial charge in [-0.2, -0.15) is 0 Å². The molecule has 0 aliphatic heterocycles. The largest absolute Gasteiger partial charge is 0.309 e. The summed E-state index contributed by atoms with van der Waals surface area (Å²) in [7, 11) is 0. The molecule has 4 aliphatic rings. The predicted octanol–water partition coefficient (Wildman–Crippen LogP) is 14.2. The van der Waals surface area contributed by atoms with Crippen molar-refractivity contribution in [2.24, 2.45) is 11.8 Å². The molecule has 3 saturated carbocycles. The fourth-order valence-electron chi connectivity index (χ4n) is 10.9. The fourth-order valence-corrected chi connectivity index (χ4v) is 10.9. The van der Waals surface area contributed by atoms with Gasteiger partial charge < -0.3 is 4.90 Å². The molecule has 0 spiro atoms. The summed E-state index contributed by atoms with van der Waals surface area (Å²) >= 11 is 0. The number of hydrogen-bond acceptors (Lipinski definition) is 1. The second kappa shape index (κ2) is 12.3.